The molecule has 0 saturated heterocycles. The summed E-state index contributed by atoms with van der Waals surface area (Å²) in [5, 5.41) is 1.10. The highest BCUT2D eigenvalue weighted by Gasteiger charge is 2.14. The van der Waals surface area contributed by atoms with Crippen LogP contribution in [0, 0.1) is 0 Å². The zero-order chi connectivity index (χ0) is 13.7. The third-order valence-electron chi connectivity index (χ3n) is 3.24. The molecule has 18 heavy (non-hydrogen) atoms. The lowest BCUT2D eigenvalue weighted by molar-refractivity contribution is 0.296. The summed E-state index contributed by atoms with van der Waals surface area (Å²) in [4.78, 5) is 2.38. The summed E-state index contributed by atoms with van der Waals surface area (Å²) in [5.74, 6) is 0.534. The molecule has 4 heteroatoms. The van der Waals surface area contributed by atoms with E-state index in [-0.39, 0.29) is 0 Å². The molecule has 0 spiro atoms. The van der Waals surface area contributed by atoms with Gasteiger partial charge in [-0.15, -0.1) is 0 Å². The van der Waals surface area contributed by atoms with E-state index in [0.29, 0.717) is 5.92 Å². The fourth-order valence-corrected chi connectivity index (χ4v) is 3.47. The summed E-state index contributed by atoms with van der Waals surface area (Å²) in [7, 11) is 0. The van der Waals surface area contributed by atoms with Crippen LogP contribution in [0.2, 0.25) is 0 Å². The molecule has 0 aliphatic heterocycles. The molecule has 1 rings (SSSR count). The molecule has 0 saturated carbocycles. The predicted octanol–water partition coefficient (Wildman–Crippen LogP) is 5.07. The van der Waals surface area contributed by atoms with Crippen LogP contribution < -0.4 is 5.30 Å². The topological polar surface area (TPSA) is 3.24 Å². The second-order valence-electron chi connectivity index (χ2n) is 4.74. The molecule has 0 fully saturated rings. The van der Waals surface area contributed by atoms with Gasteiger partial charge in [0.25, 0.3) is 0 Å². The minimum absolute atomic E-state index is 0.534. The van der Waals surface area contributed by atoms with Crippen LogP contribution in [0.3, 0.4) is 0 Å². The molecule has 102 valence electrons. The summed E-state index contributed by atoms with van der Waals surface area (Å²) in [5.41, 5.74) is 2.63. The Bertz CT molecular complexity index is 376. The fourth-order valence-electron chi connectivity index (χ4n) is 1.94. The molecule has 1 nitrogen and oxygen atoms in total. The third-order valence-corrected chi connectivity index (χ3v) is 5.13. The zero-order valence-electron chi connectivity index (χ0n) is 11.6. The highest BCUT2D eigenvalue weighted by Crippen LogP contribution is 2.46. The van der Waals surface area contributed by atoms with Crippen molar-refractivity contribution in [3.8, 4) is 0 Å². The summed E-state index contributed by atoms with van der Waals surface area (Å²) >= 11 is 12.2. The van der Waals surface area contributed by atoms with Crippen LogP contribution in [-0.4, -0.2) is 18.0 Å². The van der Waals surface area contributed by atoms with E-state index < -0.39 is 6.63 Å². The normalized spacial score (nSPS) is 11.8. The second-order valence-corrected chi connectivity index (χ2v) is 8.23. The van der Waals surface area contributed by atoms with Crippen LogP contribution in [0.4, 0.5) is 0 Å². The van der Waals surface area contributed by atoms with Crippen molar-refractivity contribution >= 4 is 34.4 Å². The molecule has 0 N–H and O–H groups in total. The molecule has 1 aromatic rings. The van der Waals surface area contributed by atoms with E-state index in [0.717, 1.165) is 24.9 Å². The van der Waals surface area contributed by atoms with Crippen molar-refractivity contribution in [1.82, 2.24) is 4.90 Å². The van der Waals surface area contributed by atoms with E-state index in [1.165, 1.54) is 11.1 Å². The van der Waals surface area contributed by atoms with Crippen molar-refractivity contribution in [2.75, 3.05) is 13.1 Å². The van der Waals surface area contributed by atoms with Gasteiger partial charge in [0.1, 0.15) is 6.63 Å². The predicted molar refractivity (Wildman–Crippen MR) is 85.4 cm³/mol. The molecule has 0 aromatic heterocycles. The minimum atomic E-state index is -1.07. The lowest BCUT2D eigenvalue weighted by atomic mass is 10.0. The monoisotopic (exact) mass is 305 g/mol. The molecular formula is C14H22Cl2NP. The molecule has 0 amide bonds. The Morgan fingerprint density at radius 2 is 1.78 bits per heavy atom. The van der Waals surface area contributed by atoms with Crippen molar-refractivity contribution in [2.45, 2.75) is 40.2 Å². The van der Waals surface area contributed by atoms with Crippen LogP contribution in [0.25, 0.3) is 0 Å². The van der Waals surface area contributed by atoms with E-state index in [4.69, 9.17) is 22.5 Å². The van der Waals surface area contributed by atoms with Crippen LogP contribution >= 0.6 is 29.1 Å². The number of hydrogen-bond acceptors (Lipinski definition) is 1. The fraction of sp³-hybridized carbons (Fsp3) is 0.571. The Hall–Kier alpha value is 0.190. The molecule has 0 bridgehead atoms. The van der Waals surface area contributed by atoms with Gasteiger partial charge in [-0.2, -0.15) is 0 Å². The SMILES string of the molecule is CCN(CC)Cc1cc(C(C)C)ccc1P(Cl)Cl. The first-order valence-electron chi connectivity index (χ1n) is 6.46. The number of benzene rings is 1. The van der Waals surface area contributed by atoms with E-state index in [1.807, 2.05) is 0 Å². The molecule has 0 radical (unpaired) electrons. The number of halogens is 2. The summed E-state index contributed by atoms with van der Waals surface area (Å²) < 4.78 is 0. The Morgan fingerprint density at radius 3 is 2.22 bits per heavy atom. The van der Waals surface area contributed by atoms with Gasteiger partial charge in [-0.1, -0.05) is 68.4 Å². The van der Waals surface area contributed by atoms with E-state index in [1.54, 1.807) is 0 Å². The van der Waals surface area contributed by atoms with Gasteiger partial charge in [-0.3, -0.25) is 4.90 Å². The van der Waals surface area contributed by atoms with Crippen molar-refractivity contribution in [3.05, 3.63) is 29.3 Å². The highest BCUT2D eigenvalue weighted by molar-refractivity contribution is 8.08. The van der Waals surface area contributed by atoms with Crippen molar-refractivity contribution in [3.63, 3.8) is 0 Å². The van der Waals surface area contributed by atoms with Gasteiger partial charge >= 0.3 is 0 Å². The minimum Gasteiger partial charge on any atom is -0.300 e. The number of hydrogen-bond donors (Lipinski definition) is 0. The average molecular weight is 306 g/mol. The van der Waals surface area contributed by atoms with Crippen LogP contribution in [-0.2, 0) is 6.54 Å². The Morgan fingerprint density at radius 1 is 1.17 bits per heavy atom. The Labute approximate surface area is 122 Å². The van der Waals surface area contributed by atoms with Crippen molar-refractivity contribution in [1.29, 1.82) is 0 Å². The molecule has 0 atom stereocenters. The van der Waals surface area contributed by atoms with Gasteiger partial charge < -0.3 is 0 Å². The second kappa shape index (κ2) is 7.70. The maximum Gasteiger partial charge on any atom is 0.117 e. The first-order valence-corrected chi connectivity index (χ1v) is 9.61. The summed E-state index contributed by atoms with van der Waals surface area (Å²) in [6.45, 7) is 10.7. The molecular weight excluding hydrogens is 284 g/mol. The van der Waals surface area contributed by atoms with Crippen LogP contribution in [0.5, 0.6) is 0 Å². The molecule has 0 aliphatic rings. The maximum atomic E-state index is 6.12. The van der Waals surface area contributed by atoms with Gasteiger partial charge in [-0.05, 0) is 30.1 Å². The maximum absolute atomic E-state index is 6.12. The van der Waals surface area contributed by atoms with E-state index in [9.17, 15) is 0 Å². The van der Waals surface area contributed by atoms with Gasteiger partial charge in [0.2, 0.25) is 0 Å². The smallest absolute Gasteiger partial charge is 0.117 e. The lowest BCUT2D eigenvalue weighted by Gasteiger charge is -2.21. The molecule has 0 heterocycles. The summed E-state index contributed by atoms with van der Waals surface area (Å²) in [6.07, 6.45) is 0. The van der Waals surface area contributed by atoms with E-state index >= 15 is 0 Å². The van der Waals surface area contributed by atoms with Gasteiger partial charge in [-0.25, -0.2) is 0 Å². The van der Waals surface area contributed by atoms with Gasteiger partial charge in [0.05, 0.1) is 0 Å². The largest absolute Gasteiger partial charge is 0.300 e. The average Bonchev–Trinajstić information content (AvgIpc) is 2.35. The van der Waals surface area contributed by atoms with Gasteiger partial charge in [0, 0.05) is 11.8 Å². The Balaban J connectivity index is 3.06. The molecule has 0 aliphatic carbocycles. The lowest BCUT2D eigenvalue weighted by Crippen LogP contribution is -2.25. The zero-order valence-corrected chi connectivity index (χ0v) is 14.0. The molecule has 0 unspecified atom stereocenters. The number of rotatable bonds is 6. The standard InChI is InChI=1S/C14H22Cl2NP/c1-5-17(6-2)10-13-9-12(11(3)4)7-8-14(13)18(15)16/h7-9,11H,5-6,10H2,1-4H3. The highest BCUT2D eigenvalue weighted by atomic mass is 35.9. The third kappa shape index (κ3) is 4.38. The van der Waals surface area contributed by atoms with Crippen molar-refractivity contribution < 1.29 is 0 Å². The summed E-state index contributed by atoms with van der Waals surface area (Å²) in [6, 6.07) is 6.50. The van der Waals surface area contributed by atoms with Crippen molar-refractivity contribution in [2.24, 2.45) is 0 Å². The van der Waals surface area contributed by atoms with Crippen LogP contribution in [0.1, 0.15) is 44.7 Å². The Kier molecular flexibility index (Phi) is 6.95. The first-order chi connectivity index (χ1) is 8.49. The number of nitrogens with zero attached hydrogens (tertiary/aromatic N) is 1. The van der Waals surface area contributed by atoms with Gasteiger partial charge in [0.15, 0.2) is 0 Å². The van der Waals surface area contributed by atoms with Crippen LogP contribution in [0.15, 0.2) is 18.2 Å². The first kappa shape index (κ1) is 16.2. The quantitative estimate of drug-likeness (QED) is 0.663. The molecule has 1 aromatic carbocycles. The van der Waals surface area contributed by atoms with E-state index in [2.05, 4.69) is 50.8 Å².